The largest absolute Gasteiger partial charge is 0.508 e. The van der Waals surface area contributed by atoms with E-state index in [1.807, 2.05) is 36.4 Å². The Morgan fingerprint density at radius 3 is 2.60 bits per heavy atom. The van der Waals surface area contributed by atoms with E-state index in [0.717, 1.165) is 38.6 Å². The molecule has 2 N–H and O–H groups in total. The molecule has 1 aliphatic heterocycles. The fraction of sp³-hybridized carbons (Fsp3) is 0.0968. The molecular weight excluding hydrogens is 577 g/mol. The average molecular weight is 600 g/mol. The first kappa shape index (κ1) is 27.4. The summed E-state index contributed by atoms with van der Waals surface area (Å²) in [6, 6.07) is 22.7. The molecule has 0 radical (unpaired) electrons. The molecule has 42 heavy (non-hydrogen) atoms. The third kappa shape index (κ3) is 4.97. The summed E-state index contributed by atoms with van der Waals surface area (Å²) in [5.74, 6) is -2.76. The van der Waals surface area contributed by atoms with E-state index in [9.17, 15) is 24.2 Å². The van der Waals surface area contributed by atoms with Crippen LogP contribution in [0, 0.1) is 5.82 Å². The quantitative estimate of drug-likeness (QED) is 0.0721. The van der Waals surface area contributed by atoms with Crippen molar-refractivity contribution in [1.82, 2.24) is 10.2 Å². The predicted molar refractivity (Wildman–Crippen MR) is 159 cm³/mol. The molecule has 210 valence electrons. The first-order valence-electron chi connectivity index (χ1n) is 12.7. The van der Waals surface area contributed by atoms with Crippen LogP contribution in [-0.2, 0) is 15.3 Å². The number of benzene rings is 4. The second kappa shape index (κ2) is 11.3. The summed E-state index contributed by atoms with van der Waals surface area (Å²) in [4.78, 5) is 28.0. The summed E-state index contributed by atoms with van der Waals surface area (Å²) < 4.78 is 20.0. The lowest BCUT2D eigenvalue weighted by Gasteiger charge is -2.22. The molecule has 4 aromatic carbocycles. The topological polar surface area (TPSA) is 113 Å². The van der Waals surface area contributed by atoms with E-state index in [4.69, 9.17) is 4.74 Å². The van der Waals surface area contributed by atoms with Gasteiger partial charge in [0.05, 0.1) is 18.7 Å². The summed E-state index contributed by atoms with van der Waals surface area (Å²) in [5.41, 5.74) is 1.18. The summed E-state index contributed by atoms with van der Waals surface area (Å²) in [6.45, 7) is 0. The Kier molecular flexibility index (Phi) is 7.36. The lowest BCUT2D eigenvalue weighted by Crippen LogP contribution is -2.29. The van der Waals surface area contributed by atoms with Gasteiger partial charge in [0.15, 0.2) is 15.9 Å². The number of aromatic hydroxyl groups is 1. The van der Waals surface area contributed by atoms with Crippen molar-refractivity contribution in [2.24, 2.45) is 0 Å². The number of nitrogens with zero attached hydrogens (tertiary/aromatic N) is 3. The van der Waals surface area contributed by atoms with Crippen LogP contribution in [0.5, 0.6) is 11.5 Å². The van der Waals surface area contributed by atoms with Crippen molar-refractivity contribution in [1.29, 1.82) is 0 Å². The molecule has 11 heteroatoms. The van der Waals surface area contributed by atoms with E-state index >= 15 is 0 Å². The third-order valence-electron chi connectivity index (χ3n) is 6.89. The van der Waals surface area contributed by atoms with Gasteiger partial charge >= 0.3 is 5.91 Å². The van der Waals surface area contributed by atoms with Crippen molar-refractivity contribution in [3.8, 4) is 11.5 Å². The van der Waals surface area contributed by atoms with E-state index in [2.05, 4.69) is 16.3 Å². The van der Waals surface area contributed by atoms with Crippen molar-refractivity contribution in [3.63, 3.8) is 0 Å². The number of rotatable bonds is 7. The minimum absolute atomic E-state index is 0.0138. The minimum Gasteiger partial charge on any atom is -0.508 e. The number of fused-ring (bicyclic) bond motifs is 1. The van der Waals surface area contributed by atoms with Crippen LogP contribution in [0.15, 0.2) is 94.8 Å². The molecule has 0 saturated carbocycles. The molecule has 2 heterocycles. The monoisotopic (exact) mass is 599 g/mol. The van der Waals surface area contributed by atoms with E-state index in [1.54, 1.807) is 12.1 Å². The van der Waals surface area contributed by atoms with Gasteiger partial charge in [0, 0.05) is 11.3 Å². The third-order valence-corrected chi connectivity index (χ3v) is 8.99. The normalized spacial score (nSPS) is 16.3. The number of hydrogen-bond acceptors (Lipinski definition) is 9. The number of carbonyl (C=O) groups is 2. The van der Waals surface area contributed by atoms with Crippen LogP contribution in [-0.4, -0.2) is 39.2 Å². The number of amides is 1. The van der Waals surface area contributed by atoms with Gasteiger partial charge in [-0.15, -0.1) is 10.2 Å². The zero-order chi connectivity index (χ0) is 29.4. The summed E-state index contributed by atoms with van der Waals surface area (Å²) in [6.07, 6.45) is 0. The number of anilines is 1. The van der Waals surface area contributed by atoms with E-state index in [1.165, 1.54) is 43.1 Å². The highest BCUT2D eigenvalue weighted by Gasteiger charge is 2.48. The maximum Gasteiger partial charge on any atom is 0.301 e. The van der Waals surface area contributed by atoms with Crippen LogP contribution in [0.3, 0.4) is 0 Å². The number of aromatic nitrogens is 2. The molecule has 8 nitrogen and oxygen atoms in total. The highest BCUT2D eigenvalue weighted by molar-refractivity contribution is 8.00. The van der Waals surface area contributed by atoms with Crippen molar-refractivity contribution >= 4 is 56.5 Å². The second-order valence-electron chi connectivity index (χ2n) is 9.39. The first-order chi connectivity index (χ1) is 20.4. The molecule has 0 unspecified atom stereocenters. The summed E-state index contributed by atoms with van der Waals surface area (Å²) in [5, 5.41) is 32.3. The van der Waals surface area contributed by atoms with Crippen molar-refractivity contribution in [2.75, 3.05) is 12.0 Å². The average Bonchev–Trinajstić information content (AvgIpc) is 3.57. The molecule has 5 aromatic rings. The fourth-order valence-corrected chi connectivity index (χ4v) is 6.80. The van der Waals surface area contributed by atoms with Gasteiger partial charge in [0.25, 0.3) is 5.78 Å². The zero-order valence-corrected chi connectivity index (χ0v) is 23.7. The van der Waals surface area contributed by atoms with Crippen LogP contribution >= 0.6 is 23.1 Å². The molecule has 0 aliphatic carbocycles. The number of Topliss-reactive ketones (excluding diaryl/α,β-unsaturated/α-hetero) is 1. The summed E-state index contributed by atoms with van der Waals surface area (Å²) in [7, 11) is 1.31. The lowest BCUT2D eigenvalue weighted by molar-refractivity contribution is -0.132. The molecule has 0 bridgehead atoms. The van der Waals surface area contributed by atoms with Crippen LogP contribution in [0.1, 0.15) is 22.7 Å². The number of phenols is 1. The van der Waals surface area contributed by atoms with Gasteiger partial charge in [0.1, 0.15) is 11.5 Å². The van der Waals surface area contributed by atoms with E-state index in [0.29, 0.717) is 15.7 Å². The number of methoxy groups -OCH3 is 1. The molecule has 1 fully saturated rings. The number of aliphatic hydroxyl groups excluding tert-OH is 1. The van der Waals surface area contributed by atoms with Gasteiger partial charge in [-0.1, -0.05) is 77.7 Å². The number of phenolic OH excluding ortho intramolecular Hbond substituents is 1. The molecule has 6 rings (SSSR count). The number of ketones is 1. The molecule has 1 saturated heterocycles. The van der Waals surface area contributed by atoms with E-state index < -0.39 is 29.3 Å². The van der Waals surface area contributed by atoms with Gasteiger partial charge in [-0.05, 0) is 52.2 Å². The highest BCUT2D eigenvalue weighted by Crippen LogP contribution is 2.45. The fourth-order valence-electron chi connectivity index (χ4n) is 4.93. The number of aliphatic hydroxyl groups is 1. The highest BCUT2D eigenvalue weighted by atomic mass is 32.2. The molecule has 1 atom stereocenters. The molecule has 1 amide bonds. The van der Waals surface area contributed by atoms with Crippen LogP contribution in [0.4, 0.5) is 9.52 Å². The Hall–Kier alpha value is -4.74. The Morgan fingerprint density at radius 2 is 1.81 bits per heavy atom. The van der Waals surface area contributed by atoms with Crippen molar-refractivity contribution in [3.05, 3.63) is 113 Å². The smallest absolute Gasteiger partial charge is 0.301 e. The second-order valence-corrected chi connectivity index (χ2v) is 11.6. The predicted octanol–water partition coefficient (Wildman–Crippen LogP) is 6.46. The van der Waals surface area contributed by atoms with Crippen LogP contribution < -0.4 is 9.64 Å². The number of halogens is 1. The van der Waals surface area contributed by atoms with Gasteiger partial charge in [-0.3, -0.25) is 14.5 Å². The van der Waals surface area contributed by atoms with Gasteiger partial charge in [-0.25, -0.2) is 4.39 Å². The molecule has 1 aliphatic rings. The van der Waals surface area contributed by atoms with Gasteiger partial charge in [0.2, 0.25) is 5.13 Å². The standard InChI is InChI=1S/C31H22FN3O5S2/c1-40-24-13-12-19(15-23(24)32)27(37)25-26(18-8-5-10-21(36)14-18)35(29(39)28(25)38)30-33-34-31(42-30)41-16-20-9-4-7-17-6-2-3-11-22(17)20/h2-15,26,36-37H,16H2,1H3/t26-/m0/s1. The maximum absolute atomic E-state index is 14.5. The van der Waals surface area contributed by atoms with Crippen molar-refractivity contribution in [2.45, 2.75) is 16.1 Å². The number of ether oxygens (including phenoxy) is 1. The Bertz CT molecular complexity index is 1880. The molecule has 1 aromatic heterocycles. The van der Waals surface area contributed by atoms with Crippen LogP contribution in [0.25, 0.3) is 16.5 Å². The Labute approximate surface area is 247 Å². The van der Waals surface area contributed by atoms with Crippen molar-refractivity contribution < 1.29 is 28.9 Å². The number of carbonyl (C=O) groups excluding carboxylic acids is 2. The van der Waals surface area contributed by atoms with Crippen LogP contribution in [0.2, 0.25) is 0 Å². The minimum atomic E-state index is -1.15. The SMILES string of the molecule is COc1ccc(C(O)=C2C(=O)C(=O)N(c3nnc(SCc4cccc5ccccc45)s3)[C@H]2c2cccc(O)c2)cc1F. The van der Waals surface area contributed by atoms with Gasteiger partial charge < -0.3 is 14.9 Å². The number of hydrogen-bond donors (Lipinski definition) is 2. The maximum atomic E-state index is 14.5. The lowest BCUT2D eigenvalue weighted by atomic mass is 9.95. The number of thioether (sulfide) groups is 1. The van der Waals surface area contributed by atoms with E-state index in [-0.39, 0.29) is 27.8 Å². The molecule has 0 spiro atoms. The first-order valence-corrected chi connectivity index (χ1v) is 14.5. The zero-order valence-electron chi connectivity index (χ0n) is 22.0. The Morgan fingerprint density at radius 1 is 1.02 bits per heavy atom. The molecular formula is C31H22FN3O5S2. The van der Waals surface area contributed by atoms with Gasteiger partial charge in [-0.2, -0.15) is 0 Å². The Balaban J connectivity index is 1.38. The summed E-state index contributed by atoms with van der Waals surface area (Å²) >= 11 is 2.58.